The predicted molar refractivity (Wildman–Crippen MR) is 112 cm³/mol. The molecule has 0 unspecified atom stereocenters. The van der Waals surface area contributed by atoms with Crippen LogP contribution in [0.25, 0.3) is 10.2 Å². The number of carbonyl (C=O) groups excluding carboxylic acids is 2. The van der Waals surface area contributed by atoms with Crippen molar-refractivity contribution in [3.63, 3.8) is 0 Å². The maximum atomic E-state index is 12.8. The first-order chi connectivity index (χ1) is 13.4. The van der Waals surface area contributed by atoms with Crippen molar-refractivity contribution in [1.82, 2.24) is 10.3 Å². The Labute approximate surface area is 167 Å². The third-order valence-electron chi connectivity index (χ3n) is 4.38. The number of nitrogens with one attached hydrogen (secondary N) is 2. The number of hydrogen-bond donors (Lipinski definition) is 2. The molecule has 146 valence electrons. The maximum absolute atomic E-state index is 12.8. The highest BCUT2D eigenvalue weighted by molar-refractivity contribution is 7.22. The largest absolute Gasteiger partial charge is 0.494 e. The number of aromatic nitrogens is 1. The Bertz CT molecular complexity index is 996. The van der Waals surface area contributed by atoms with E-state index >= 15 is 0 Å². The number of para-hydroxylation sites is 1. The van der Waals surface area contributed by atoms with Crippen LogP contribution in [0.1, 0.15) is 29.8 Å². The molecule has 0 fully saturated rings. The van der Waals surface area contributed by atoms with Crippen molar-refractivity contribution in [3.8, 4) is 5.75 Å². The van der Waals surface area contributed by atoms with E-state index in [0.29, 0.717) is 22.0 Å². The lowest BCUT2D eigenvalue weighted by Crippen LogP contribution is -2.47. The van der Waals surface area contributed by atoms with Crippen molar-refractivity contribution in [2.45, 2.75) is 26.8 Å². The Balaban J connectivity index is 1.76. The van der Waals surface area contributed by atoms with Gasteiger partial charge in [0.15, 0.2) is 5.13 Å². The molecule has 0 radical (unpaired) electrons. The van der Waals surface area contributed by atoms with Gasteiger partial charge in [-0.15, -0.1) is 0 Å². The molecule has 2 aromatic carbocycles. The van der Waals surface area contributed by atoms with Gasteiger partial charge in [0, 0.05) is 5.56 Å². The van der Waals surface area contributed by atoms with Gasteiger partial charge >= 0.3 is 0 Å². The van der Waals surface area contributed by atoms with Gasteiger partial charge in [0.25, 0.3) is 5.91 Å². The molecule has 0 aliphatic carbocycles. The van der Waals surface area contributed by atoms with Gasteiger partial charge in [0.2, 0.25) is 5.91 Å². The van der Waals surface area contributed by atoms with Crippen LogP contribution in [0.15, 0.2) is 42.5 Å². The summed E-state index contributed by atoms with van der Waals surface area (Å²) in [5.41, 5.74) is 2.30. The molecule has 0 saturated carbocycles. The number of rotatable bonds is 6. The lowest BCUT2D eigenvalue weighted by molar-refractivity contribution is -0.118. The van der Waals surface area contributed by atoms with Gasteiger partial charge in [0.05, 0.1) is 11.8 Å². The third-order valence-corrected chi connectivity index (χ3v) is 5.32. The van der Waals surface area contributed by atoms with Gasteiger partial charge in [-0.25, -0.2) is 4.98 Å². The summed E-state index contributed by atoms with van der Waals surface area (Å²) in [4.78, 5) is 29.8. The van der Waals surface area contributed by atoms with Crippen molar-refractivity contribution in [2.75, 3.05) is 12.4 Å². The Morgan fingerprint density at radius 3 is 2.46 bits per heavy atom. The van der Waals surface area contributed by atoms with Crippen LogP contribution in [0.3, 0.4) is 0 Å². The zero-order valence-corrected chi connectivity index (χ0v) is 17.1. The summed E-state index contributed by atoms with van der Waals surface area (Å²) < 4.78 is 6.23. The number of amides is 2. The fraction of sp³-hybridized carbons (Fsp3) is 0.286. The van der Waals surface area contributed by atoms with Gasteiger partial charge in [-0.05, 0) is 37.1 Å². The quantitative estimate of drug-likeness (QED) is 0.659. The van der Waals surface area contributed by atoms with Crippen LogP contribution in [0.5, 0.6) is 5.75 Å². The molecule has 0 spiro atoms. The van der Waals surface area contributed by atoms with Crippen LogP contribution in [0.4, 0.5) is 5.13 Å². The molecule has 0 aliphatic heterocycles. The number of hydrogen-bond acceptors (Lipinski definition) is 5. The number of methoxy groups -OCH3 is 1. The monoisotopic (exact) mass is 397 g/mol. The molecule has 0 bridgehead atoms. The number of ether oxygens (including phenoxy) is 1. The second-order valence-corrected chi connectivity index (χ2v) is 7.91. The second-order valence-electron chi connectivity index (χ2n) is 6.88. The summed E-state index contributed by atoms with van der Waals surface area (Å²) in [6.45, 7) is 5.74. The SMILES string of the molecule is COc1cccc2sc(NC(=O)[C@@H](NC(=O)c3ccc(C)cc3)C(C)C)nc12. The van der Waals surface area contributed by atoms with Crippen LogP contribution in [-0.4, -0.2) is 29.9 Å². The van der Waals surface area contributed by atoms with E-state index in [1.807, 2.05) is 51.1 Å². The van der Waals surface area contributed by atoms with Crippen molar-refractivity contribution >= 4 is 38.5 Å². The summed E-state index contributed by atoms with van der Waals surface area (Å²) in [5, 5.41) is 6.13. The molecule has 1 atom stereocenters. The lowest BCUT2D eigenvalue weighted by Gasteiger charge is -2.21. The third kappa shape index (κ3) is 4.31. The summed E-state index contributed by atoms with van der Waals surface area (Å²) in [6, 6.07) is 12.2. The van der Waals surface area contributed by atoms with E-state index in [4.69, 9.17) is 4.74 Å². The highest BCUT2D eigenvalue weighted by atomic mass is 32.1. The number of fused-ring (bicyclic) bond motifs is 1. The summed E-state index contributed by atoms with van der Waals surface area (Å²) >= 11 is 1.37. The van der Waals surface area contributed by atoms with Crippen molar-refractivity contribution < 1.29 is 14.3 Å². The number of carbonyl (C=O) groups is 2. The van der Waals surface area contributed by atoms with Crippen LogP contribution < -0.4 is 15.4 Å². The standard InChI is InChI=1S/C21H23N3O3S/c1-12(2)17(22-19(25)14-10-8-13(3)9-11-14)20(26)24-21-23-18-15(27-4)6-5-7-16(18)28-21/h5-12,17H,1-4H3,(H,22,25)(H,23,24,26)/t17-/m0/s1. The van der Waals surface area contributed by atoms with Gasteiger partial charge < -0.3 is 15.4 Å². The Kier molecular flexibility index (Phi) is 5.94. The molecule has 1 heterocycles. The average molecular weight is 398 g/mol. The smallest absolute Gasteiger partial charge is 0.251 e. The van der Waals surface area contributed by atoms with Gasteiger partial charge in [-0.2, -0.15) is 0 Å². The van der Waals surface area contributed by atoms with Gasteiger partial charge in [-0.1, -0.05) is 48.9 Å². The van der Waals surface area contributed by atoms with Crippen LogP contribution in [-0.2, 0) is 4.79 Å². The number of aryl methyl sites for hydroxylation is 1. The Morgan fingerprint density at radius 2 is 1.82 bits per heavy atom. The van der Waals surface area contributed by atoms with E-state index in [-0.39, 0.29) is 17.7 Å². The zero-order valence-electron chi connectivity index (χ0n) is 16.3. The van der Waals surface area contributed by atoms with E-state index < -0.39 is 6.04 Å². The average Bonchev–Trinajstić information content (AvgIpc) is 3.08. The molecule has 3 aromatic rings. The fourth-order valence-electron chi connectivity index (χ4n) is 2.79. The Morgan fingerprint density at radius 1 is 1.11 bits per heavy atom. The molecule has 0 aliphatic rings. The normalized spacial score (nSPS) is 12.0. The maximum Gasteiger partial charge on any atom is 0.251 e. The molecular formula is C21H23N3O3S. The van der Waals surface area contributed by atoms with Gasteiger partial charge in [-0.3, -0.25) is 9.59 Å². The van der Waals surface area contributed by atoms with Crippen molar-refractivity contribution in [3.05, 3.63) is 53.6 Å². The predicted octanol–water partition coefficient (Wildman–Crippen LogP) is 4.01. The highest BCUT2D eigenvalue weighted by Gasteiger charge is 2.25. The molecule has 2 N–H and O–H groups in total. The van der Waals surface area contributed by atoms with Crippen LogP contribution in [0, 0.1) is 12.8 Å². The minimum atomic E-state index is -0.678. The molecular weight excluding hydrogens is 374 g/mol. The minimum Gasteiger partial charge on any atom is -0.494 e. The first-order valence-corrected chi connectivity index (χ1v) is 9.82. The molecule has 7 heteroatoms. The number of thiazole rings is 1. The zero-order chi connectivity index (χ0) is 20.3. The van der Waals surface area contributed by atoms with E-state index in [1.54, 1.807) is 19.2 Å². The van der Waals surface area contributed by atoms with Crippen LogP contribution >= 0.6 is 11.3 Å². The summed E-state index contributed by atoms with van der Waals surface area (Å²) in [5.74, 6) is -0.00560. The molecule has 6 nitrogen and oxygen atoms in total. The fourth-order valence-corrected chi connectivity index (χ4v) is 3.68. The van der Waals surface area contributed by atoms with Crippen molar-refractivity contribution in [1.29, 1.82) is 0 Å². The lowest BCUT2D eigenvalue weighted by atomic mass is 10.0. The highest BCUT2D eigenvalue weighted by Crippen LogP contribution is 2.32. The topological polar surface area (TPSA) is 80.3 Å². The first-order valence-electron chi connectivity index (χ1n) is 9.01. The molecule has 2 amide bonds. The van der Waals surface area contributed by atoms with E-state index in [2.05, 4.69) is 15.6 Å². The van der Waals surface area contributed by atoms with E-state index in [0.717, 1.165) is 10.3 Å². The van der Waals surface area contributed by atoms with E-state index in [9.17, 15) is 9.59 Å². The number of nitrogens with zero attached hydrogens (tertiary/aromatic N) is 1. The molecule has 1 aromatic heterocycles. The minimum absolute atomic E-state index is 0.0849. The molecule has 0 saturated heterocycles. The molecule has 28 heavy (non-hydrogen) atoms. The van der Waals surface area contributed by atoms with Gasteiger partial charge in [0.1, 0.15) is 17.3 Å². The van der Waals surface area contributed by atoms with Crippen molar-refractivity contribution in [2.24, 2.45) is 5.92 Å². The summed E-state index contributed by atoms with van der Waals surface area (Å²) in [7, 11) is 1.59. The Hall–Kier alpha value is -2.93. The molecule has 3 rings (SSSR count). The number of benzene rings is 2. The van der Waals surface area contributed by atoms with E-state index in [1.165, 1.54) is 11.3 Å². The van der Waals surface area contributed by atoms with Crippen LogP contribution in [0.2, 0.25) is 0 Å². The number of anilines is 1. The first kappa shape index (κ1) is 19.8. The summed E-state index contributed by atoms with van der Waals surface area (Å²) in [6.07, 6.45) is 0. The second kappa shape index (κ2) is 8.39.